The summed E-state index contributed by atoms with van der Waals surface area (Å²) in [5.74, 6) is -0.714. The number of fused-ring (bicyclic) bond motifs is 2. The van der Waals surface area contributed by atoms with Crippen LogP contribution in [0.25, 0.3) is 10.8 Å². The Hall–Kier alpha value is -3.14. The maximum Gasteiger partial charge on any atom is 0.274 e. The van der Waals surface area contributed by atoms with Crippen LogP contribution in [-0.2, 0) is 12.6 Å². The number of nitrogens with zero attached hydrogens (tertiary/aromatic N) is 3. The molecular formula is C22H22F3N5O2. The number of anilines is 1. The van der Waals surface area contributed by atoms with Crippen LogP contribution < -0.4 is 21.8 Å². The predicted octanol–water partition coefficient (Wildman–Crippen LogP) is 2.81. The fourth-order valence-electron chi connectivity index (χ4n) is 4.92. The molecule has 1 saturated carbocycles. The van der Waals surface area contributed by atoms with Crippen molar-refractivity contribution < 1.29 is 13.2 Å². The van der Waals surface area contributed by atoms with Crippen molar-refractivity contribution in [3.63, 3.8) is 0 Å². The van der Waals surface area contributed by atoms with E-state index < -0.39 is 29.4 Å². The van der Waals surface area contributed by atoms with Crippen LogP contribution in [0.15, 0.2) is 40.1 Å². The maximum absolute atomic E-state index is 14.7. The fraction of sp³-hybridized carbons (Fsp3) is 0.409. The van der Waals surface area contributed by atoms with Crippen LogP contribution in [0.1, 0.15) is 43.4 Å². The van der Waals surface area contributed by atoms with Gasteiger partial charge < -0.3 is 15.2 Å². The van der Waals surface area contributed by atoms with Crippen LogP contribution in [0, 0.1) is 5.82 Å². The van der Waals surface area contributed by atoms with Crippen molar-refractivity contribution in [1.29, 1.82) is 0 Å². The van der Waals surface area contributed by atoms with Crippen molar-refractivity contribution >= 4 is 16.6 Å². The van der Waals surface area contributed by atoms with Gasteiger partial charge in [0, 0.05) is 42.8 Å². The zero-order chi connectivity index (χ0) is 22.8. The molecule has 7 nitrogen and oxygen atoms in total. The quantitative estimate of drug-likeness (QED) is 0.631. The number of aryl methyl sites for hydroxylation is 1. The molecule has 2 aromatic heterocycles. The van der Waals surface area contributed by atoms with Gasteiger partial charge in [0.15, 0.2) is 5.82 Å². The molecule has 2 N–H and O–H groups in total. The van der Waals surface area contributed by atoms with E-state index in [0.29, 0.717) is 18.0 Å². The number of benzene rings is 1. The van der Waals surface area contributed by atoms with E-state index in [0.717, 1.165) is 23.6 Å². The van der Waals surface area contributed by atoms with Crippen molar-refractivity contribution in [2.24, 2.45) is 7.05 Å². The highest BCUT2D eigenvalue weighted by molar-refractivity contribution is 5.90. The summed E-state index contributed by atoms with van der Waals surface area (Å²) >= 11 is 0. The molecule has 6 rings (SSSR count). The molecule has 4 heterocycles. The first-order chi connectivity index (χ1) is 15.2. The maximum atomic E-state index is 14.7. The van der Waals surface area contributed by atoms with Crippen molar-refractivity contribution in [2.75, 3.05) is 11.9 Å². The van der Waals surface area contributed by atoms with E-state index >= 15 is 0 Å². The molecule has 32 heavy (non-hydrogen) atoms. The molecule has 2 saturated heterocycles. The lowest BCUT2D eigenvalue weighted by molar-refractivity contribution is 0.146. The molecule has 3 aliphatic rings. The molecule has 3 aromatic rings. The SMILES string of the molecule is CC(Nc1nn(C)c(=O)c2cc(=O)n(C34CNC(C3)C4)cc12)c1cccc(C(F)F)c1F. The van der Waals surface area contributed by atoms with Gasteiger partial charge in [-0.25, -0.2) is 17.9 Å². The average molecular weight is 445 g/mol. The Balaban J connectivity index is 1.61. The van der Waals surface area contributed by atoms with E-state index in [4.69, 9.17) is 0 Å². The fourth-order valence-corrected chi connectivity index (χ4v) is 4.92. The van der Waals surface area contributed by atoms with E-state index in [1.165, 1.54) is 25.2 Å². The summed E-state index contributed by atoms with van der Waals surface area (Å²) in [6, 6.07) is 4.84. The highest BCUT2D eigenvalue weighted by atomic mass is 19.3. The zero-order valence-corrected chi connectivity index (χ0v) is 17.5. The molecule has 1 unspecified atom stereocenters. The van der Waals surface area contributed by atoms with Gasteiger partial charge in [-0.15, -0.1) is 0 Å². The lowest BCUT2D eigenvalue weighted by atomic mass is 9.77. The number of halogens is 3. The normalized spacial score (nSPS) is 22.9. The van der Waals surface area contributed by atoms with E-state index in [2.05, 4.69) is 15.7 Å². The van der Waals surface area contributed by atoms with Crippen LogP contribution in [0.4, 0.5) is 19.0 Å². The number of hydrogen-bond donors (Lipinski definition) is 2. The van der Waals surface area contributed by atoms with Gasteiger partial charge in [-0.2, -0.15) is 5.10 Å². The van der Waals surface area contributed by atoms with Crippen LogP contribution >= 0.6 is 0 Å². The molecule has 168 valence electrons. The van der Waals surface area contributed by atoms with Gasteiger partial charge in [0.1, 0.15) is 5.82 Å². The molecular weight excluding hydrogens is 423 g/mol. The van der Waals surface area contributed by atoms with Crippen molar-refractivity contribution in [3.8, 4) is 0 Å². The average Bonchev–Trinajstić information content (AvgIpc) is 3.33. The first-order valence-electron chi connectivity index (χ1n) is 10.4. The van der Waals surface area contributed by atoms with Gasteiger partial charge in [0.05, 0.1) is 22.5 Å². The highest BCUT2D eigenvalue weighted by Gasteiger charge is 2.52. The van der Waals surface area contributed by atoms with Crippen molar-refractivity contribution in [3.05, 3.63) is 68.1 Å². The minimum Gasteiger partial charge on any atom is -0.361 e. The molecule has 1 aliphatic carbocycles. The predicted molar refractivity (Wildman–Crippen MR) is 114 cm³/mol. The first kappa shape index (κ1) is 20.7. The van der Waals surface area contributed by atoms with Crippen LogP contribution in [0.2, 0.25) is 0 Å². The van der Waals surface area contributed by atoms with Crippen molar-refractivity contribution in [1.82, 2.24) is 19.7 Å². The largest absolute Gasteiger partial charge is 0.361 e. The number of pyridine rings is 1. The van der Waals surface area contributed by atoms with Crippen molar-refractivity contribution in [2.45, 2.75) is 43.8 Å². The zero-order valence-electron chi connectivity index (χ0n) is 17.5. The third-order valence-corrected chi connectivity index (χ3v) is 6.68. The van der Waals surface area contributed by atoms with Gasteiger partial charge >= 0.3 is 0 Å². The smallest absolute Gasteiger partial charge is 0.274 e. The van der Waals surface area contributed by atoms with Gasteiger partial charge in [-0.05, 0) is 19.8 Å². The number of rotatable bonds is 5. The molecule has 3 fully saturated rings. The van der Waals surface area contributed by atoms with Gasteiger partial charge in [0.2, 0.25) is 0 Å². The minimum atomic E-state index is -2.93. The molecule has 10 heteroatoms. The Morgan fingerprint density at radius 2 is 1.94 bits per heavy atom. The number of aromatic nitrogens is 3. The summed E-state index contributed by atoms with van der Waals surface area (Å²) in [7, 11) is 1.46. The van der Waals surface area contributed by atoms with Gasteiger partial charge in [-0.1, -0.05) is 18.2 Å². The Morgan fingerprint density at radius 3 is 2.59 bits per heavy atom. The van der Waals surface area contributed by atoms with E-state index in [-0.39, 0.29) is 27.9 Å². The molecule has 0 amide bonds. The molecule has 1 aromatic carbocycles. The minimum absolute atomic E-state index is 0.0559. The Kier molecular flexibility index (Phi) is 4.66. The third kappa shape index (κ3) is 3.04. The summed E-state index contributed by atoms with van der Waals surface area (Å²) in [6.45, 7) is 2.30. The van der Waals surface area contributed by atoms with E-state index in [9.17, 15) is 22.8 Å². The second kappa shape index (κ2) is 7.19. The second-order valence-corrected chi connectivity index (χ2v) is 8.71. The highest BCUT2D eigenvalue weighted by Crippen LogP contribution is 2.44. The molecule has 1 atom stereocenters. The number of hydrogen-bond acceptors (Lipinski definition) is 5. The summed E-state index contributed by atoms with van der Waals surface area (Å²) < 4.78 is 43.7. The third-order valence-electron chi connectivity index (χ3n) is 6.68. The van der Waals surface area contributed by atoms with Crippen LogP contribution in [-0.4, -0.2) is 26.9 Å². The Labute approximate surface area is 180 Å². The molecule has 0 spiro atoms. The Bertz CT molecular complexity index is 1340. The Morgan fingerprint density at radius 1 is 1.22 bits per heavy atom. The topological polar surface area (TPSA) is 81.0 Å². The standard InChI is InChI=1S/C22H22F3N5O2/c1-11(13-4-3-5-14(18(13)23)19(24)25)27-20-16-9-30(22-7-12(8-22)26-10-22)17(31)6-15(16)21(32)29(2)28-20/h3-6,9,11-12,19,26H,7-8,10H2,1-2H3,(H,27,28). The van der Waals surface area contributed by atoms with E-state index in [1.54, 1.807) is 17.7 Å². The van der Waals surface area contributed by atoms with Crippen LogP contribution in [0.5, 0.6) is 0 Å². The summed E-state index contributed by atoms with van der Waals surface area (Å²) in [6.07, 6.45) is 0.373. The summed E-state index contributed by atoms with van der Waals surface area (Å²) in [4.78, 5) is 25.5. The van der Waals surface area contributed by atoms with E-state index in [1.807, 2.05) is 0 Å². The number of nitrogens with one attached hydrogen (secondary N) is 2. The van der Waals surface area contributed by atoms with Crippen LogP contribution in [0.3, 0.4) is 0 Å². The monoisotopic (exact) mass is 445 g/mol. The second-order valence-electron chi connectivity index (χ2n) is 8.71. The number of alkyl halides is 2. The first-order valence-corrected chi connectivity index (χ1v) is 10.4. The molecule has 0 radical (unpaired) electrons. The molecule has 2 aliphatic heterocycles. The molecule has 2 bridgehead atoms. The summed E-state index contributed by atoms with van der Waals surface area (Å²) in [5.41, 5.74) is -1.63. The van der Waals surface area contributed by atoms with Gasteiger partial charge in [-0.3, -0.25) is 9.59 Å². The lowest BCUT2D eigenvalue weighted by Crippen LogP contribution is -2.48. The van der Waals surface area contributed by atoms with Gasteiger partial charge in [0.25, 0.3) is 17.5 Å². The lowest BCUT2D eigenvalue weighted by Gasteiger charge is -2.38. The summed E-state index contributed by atoms with van der Waals surface area (Å²) in [5, 5.41) is 11.3.